The highest BCUT2D eigenvalue weighted by atomic mass is 127. The van der Waals surface area contributed by atoms with Crippen LogP contribution in [0.5, 0.6) is 0 Å². The predicted octanol–water partition coefficient (Wildman–Crippen LogP) is 1.61. The lowest BCUT2D eigenvalue weighted by Crippen LogP contribution is -2.16. The number of nitrogens with zero attached hydrogens (tertiary/aromatic N) is 1. The van der Waals surface area contributed by atoms with Crippen LogP contribution in [0.1, 0.15) is 5.56 Å². The van der Waals surface area contributed by atoms with Crippen molar-refractivity contribution in [1.82, 2.24) is 9.97 Å². The van der Waals surface area contributed by atoms with Crippen LogP contribution in [-0.4, -0.2) is 16.5 Å². The molecule has 0 fully saturated rings. The lowest BCUT2D eigenvalue weighted by Gasteiger charge is -2.06. The van der Waals surface area contributed by atoms with Gasteiger partial charge in [0.25, 0.3) is 5.56 Å². The molecule has 94 valence electrons. The molecule has 0 saturated heterocycles. The Labute approximate surface area is 118 Å². The van der Waals surface area contributed by atoms with Gasteiger partial charge in [0, 0.05) is 12.2 Å². The number of H-pyrrole nitrogens is 1. The number of rotatable bonds is 4. The second kappa shape index (κ2) is 5.85. The van der Waals surface area contributed by atoms with Gasteiger partial charge in [0.1, 0.15) is 9.39 Å². The van der Waals surface area contributed by atoms with Crippen LogP contribution in [0.25, 0.3) is 0 Å². The van der Waals surface area contributed by atoms with Gasteiger partial charge in [-0.1, -0.05) is 12.1 Å². The minimum Gasteiger partial charge on any atom is -0.399 e. The van der Waals surface area contributed by atoms with Crippen molar-refractivity contribution in [1.29, 1.82) is 0 Å². The number of hydrogen-bond acceptors (Lipinski definition) is 4. The molecule has 1 aromatic carbocycles. The van der Waals surface area contributed by atoms with E-state index in [0.29, 0.717) is 9.39 Å². The molecule has 0 aliphatic rings. The Balaban J connectivity index is 1.94. The molecule has 0 aliphatic heterocycles. The van der Waals surface area contributed by atoms with E-state index in [1.165, 1.54) is 11.9 Å². The monoisotopic (exact) mass is 356 g/mol. The van der Waals surface area contributed by atoms with Crippen LogP contribution in [-0.2, 0) is 6.42 Å². The summed E-state index contributed by atoms with van der Waals surface area (Å²) < 4.78 is 0.576. The Morgan fingerprint density at radius 1 is 1.33 bits per heavy atom. The van der Waals surface area contributed by atoms with E-state index >= 15 is 0 Å². The zero-order valence-electron chi connectivity index (χ0n) is 9.61. The summed E-state index contributed by atoms with van der Waals surface area (Å²) in [6.07, 6.45) is 2.25. The third kappa shape index (κ3) is 3.22. The standard InChI is InChI=1S/C12H13IN4O/c13-10-11(16-7-17-12(10)18)15-6-5-8-1-3-9(14)4-2-8/h1-4,7H,5-6,14H2,(H2,15,16,17,18). The van der Waals surface area contributed by atoms with Crippen molar-refractivity contribution in [2.75, 3.05) is 17.6 Å². The van der Waals surface area contributed by atoms with Crippen LogP contribution in [0.2, 0.25) is 0 Å². The molecule has 0 aliphatic carbocycles. The number of hydrogen-bond donors (Lipinski definition) is 3. The Bertz CT molecular complexity index is 579. The molecule has 2 rings (SSSR count). The van der Waals surface area contributed by atoms with Crippen LogP contribution in [0.4, 0.5) is 11.5 Å². The minimum atomic E-state index is -0.124. The maximum atomic E-state index is 11.4. The van der Waals surface area contributed by atoms with Gasteiger partial charge in [-0.2, -0.15) is 0 Å². The third-order valence-corrected chi connectivity index (χ3v) is 3.48. The maximum Gasteiger partial charge on any atom is 0.266 e. The summed E-state index contributed by atoms with van der Waals surface area (Å²) in [6.45, 7) is 0.719. The summed E-state index contributed by atoms with van der Waals surface area (Å²) in [5.41, 5.74) is 7.45. The topological polar surface area (TPSA) is 83.8 Å². The van der Waals surface area contributed by atoms with E-state index < -0.39 is 0 Å². The van der Waals surface area contributed by atoms with Crippen LogP contribution < -0.4 is 16.6 Å². The largest absolute Gasteiger partial charge is 0.399 e. The molecule has 0 amide bonds. The number of aromatic nitrogens is 2. The second-order valence-electron chi connectivity index (χ2n) is 3.81. The third-order valence-electron chi connectivity index (χ3n) is 2.48. The van der Waals surface area contributed by atoms with Crippen LogP contribution in [0, 0.1) is 3.57 Å². The zero-order valence-corrected chi connectivity index (χ0v) is 11.8. The fourth-order valence-electron chi connectivity index (χ4n) is 1.52. The van der Waals surface area contributed by atoms with Gasteiger partial charge < -0.3 is 16.0 Å². The van der Waals surface area contributed by atoms with Crippen LogP contribution in [0.15, 0.2) is 35.4 Å². The number of halogens is 1. The highest BCUT2D eigenvalue weighted by Crippen LogP contribution is 2.10. The molecule has 0 spiro atoms. The van der Waals surface area contributed by atoms with Crippen molar-refractivity contribution in [2.45, 2.75) is 6.42 Å². The Kier molecular flexibility index (Phi) is 4.19. The normalized spacial score (nSPS) is 10.3. The SMILES string of the molecule is Nc1ccc(CCNc2nc[nH]c(=O)c2I)cc1. The van der Waals surface area contributed by atoms with Crippen molar-refractivity contribution in [3.05, 3.63) is 50.1 Å². The Morgan fingerprint density at radius 3 is 2.78 bits per heavy atom. The maximum absolute atomic E-state index is 11.4. The number of benzene rings is 1. The quantitative estimate of drug-likeness (QED) is 0.574. The van der Waals surface area contributed by atoms with Crippen molar-refractivity contribution in [3.63, 3.8) is 0 Å². The van der Waals surface area contributed by atoms with Gasteiger partial charge in [-0.15, -0.1) is 0 Å². The summed E-state index contributed by atoms with van der Waals surface area (Å²) in [5.74, 6) is 0.620. The van der Waals surface area contributed by atoms with E-state index in [0.717, 1.165) is 18.7 Å². The van der Waals surface area contributed by atoms with E-state index in [1.807, 2.05) is 46.9 Å². The summed E-state index contributed by atoms with van der Waals surface area (Å²) in [5, 5.41) is 3.15. The second-order valence-corrected chi connectivity index (χ2v) is 4.89. The van der Waals surface area contributed by atoms with Crippen molar-refractivity contribution < 1.29 is 0 Å². The molecular weight excluding hydrogens is 343 g/mol. The highest BCUT2D eigenvalue weighted by Gasteiger charge is 2.03. The van der Waals surface area contributed by atoms with Crippen LogP contribution >= 0.6 is 22.6 Å². The molecular formula is C12H13IN4O. The van der Waals surface area contributed by atoms with Crippen molar-refractivity contribution in [2.24, 2.45) is 0 Å². The van der Waals surface area contributed by atoms with Gasteiger partial charge in [-0.25, -0.2) is 4.98 Å². The van der Waals surface area contributed by atoms with Gasteiger partial charge >= 0.3 is 0 Å². The average molecular weight is 356 g/mol. The van der Waals surface area contributed by atoms with Gasteiger partial charge in [-0.3, -0.25) is 4.79 Å². The first kappa shape index (κ1) is 12.9. The Morgan fingerprint density at radius 2 is 2.06 bits per heavy atom. The first-order chi connectivity index (χ1) is 8.66. The van der Waals surface area contributed by atoms with E-state index in [1.54, 1.807) is 0 Å². The van der Waals surface area contributed by atoms with Gasteiger partial charge in [0.15, 0.2) is 0 Å². The summed E-state index contributed by atoms with van der Waals surface area (Å²) >= 11 is 1.98. The minimum absolute atomic E-state index is 0.124. The fourth-order valence-corrected chi connectivity index (χ4v) is 2.00. The van der Waals surface area contributed by atoms with Crippen molar-refractivity contribution >= 4 is 34.1 Å². The average Bonchev–Trinajstić information content (AvgIpc) is 2.37. The Hall–Kier alpha value is -1.57. The number of nitrogens with two attached hydrogens (primary N) is 1. The van der Waals surface area contributed by atoms with E-state index in [9.17, 15) is 4.79 Å². The zero-order chi connectivity index (χ0) is 13.0. The van der Waals surface area contributed by atoms with Gasteiger partial charge in [-0.05, 0) is 46.7 Å². The van der Waals surface area contributed by atoms with E-state index in [2.05, 4.69) is 15.3 Å². The molecule has 1 aromatic heterocycles. The first-order valence-electron chi connectivity index (χ1n) is 5.48. The number of nitrogens with one attached hydrogen (secondary N) is 2. The molecule has 0 saturated carbocycles. The number of aromatic amines is 1. The molecule has 0 radical (unpaired) electrons. The van der Waals surface area contributed by atoms with Crippen LogP contribution in [0.3, 0.4) is 0 Å². The molecule has 6 heteroatoms. The summed E-state index contributed by atoms with van der Waals surface area (Å²) in [6, 6.07) is 7.75. The molecule has 0 unspecified atom stereocenters. The van der Waals surface area contributed by atoms with Gasteiger partial charge in [0.05, 0.1) is 6.33 Å². The predicted molar refractivity (Wildman–Crippen MR) is 80.6 cm³/mol. The molecule has 2 aromatic rings. The number of anilines is 2. The summed E-state index contributed by atoms with van der Waals surface area (Å²) in [7, 11) is 0. The molecule has 4 N–H and O–H groups in total. The highest BCUT2D eigenvalue weighted by molar-refractivity contribution is 14.1. The lowest BCUT2D eigenvalue weighted by molar-refractivity contribution is 0.988. The van der Waals surface area contributed by atoms with Crippen molar-refractivity contribution in [3.8, 4) is 0 Å². The van der Waals surface area contributed by atoms with E-state index in [-0.39, 0.29) is 5.56 Å². The smallest absolute Gasteiger partial charge is 0.266 e. The van der Waals surface area contributed by atoms with Gasteiger partial charge in [0.2, 0.25) is 0 Å². The molecule has 0 atom stereocenters. The van der Waals surface area contributed by atoms with E-state index in [4.69, 9.17) is 5.73 Å². The lowest BCUT2D eigenvalue weighted by atomic mass is 10.1. The molecule has 0 bridgehead atoms. The fraction of sp³-hybridized carbons (Fsp3) is 0.167. The first-order valence-corrected chi connectivity index (χ1v) is 6.56. The summed E-state index contributed by atoms with van der Waals surface area (Å²) in [4.78, 5) is 18.0. The molecule has 18 heavy (non-hydrogen) atoms. The molecule has 5 nitrogen and oxygen atoms in total. The number of nitrogen functional groups attached to an aromatic ring is 1. The molecule has 1 heterocycles.